The third-order valence-electron chi connectivity index (χ3n) is 6.83. The molecule has 4 nitrogen and oxygen atoms in total. The van der Waals surface area contributed by atoms with Gasteiger partial charge in [-0.2, -0.15) is 0 Å². The summed E-state index contributed by atoms with van der Waals surface area (Å²) in [6, 6.07) is 21.6. The highest BCUT2D eigenvalue weighted by Crippen LogP contribution is 2.42. The second-order valence-corrected chi connectivity index (χ2v) is 11.3. The van der Waals surface area contributed by atoms with Gasteiger partial charge in [0.2, 0.25) is 0 Å². The topological polar surface area (TPSA) is 24.9 Å². The van der Waals surface area contributed by atoms with Gasteiger partial charge in [-0.25, -0.2) is 0 Å². The Bertz CT molecular complexity index is 1510. The van der Waals surface area contributed by atoms with Gasteiger partial charge in [0, 0.05) is 39.3 Å². The first-order chi connectivity index (χ1) is 18.7. The van der Waals surface area contributed by atoms with Gasteiger partial charge in [-0.05, 0) is 95.6 Å². The van der Waals surface area contributed by atoms with Gasteiger partial charge in [0.25, 0.3) is 10.3 Å². The van der Waals surface area contributed by atoms with E-state index in [0.717, 1.165) is 39.1 Å². The molecule has 39 heavy (non-hydrogen) atoms. The van der Waals surface area contributed by atoms with Crippen molar-refractivity contribution in [3.63, 3.8) is 0 Å². The number of hydrogen-bond acceptors (Lipinski definition) is 4. The first-order valence-electron chi connectivity index (χ1n) is 13.6. The summed E-state index contributed by atoms with van der Waals surface area (Å²) in [7, 11) is 7.54. The first kappa shape index (κ1) is 28.8. The van der Waals surface area contributed by atoms with Gasteiger partial charge in [0.05, 0.1) is 0 Å². The number of fused-ring (bicyclic) bond motifs is 2. The smallest absolute Gasteiger partial charge is 0.264 e. The molecule has 0 aliphatic carbocycles. The third-order valence-corrected chi connectivity index (χ3v) is 7.73. The van der Waals surface area contributed by atoms with Crippen LogP contribution in [0.4, 0.5) is 0 Å². The molecule has 0 bridgehead atoms. The van der Waals surface area contributed by atoms with Crippen molar-refractivity contribution in [2.45, 2.75) is 46.0 Å². The molecular weight excluding hydrogens is 521 g/mol. The van der Waals surface area contributed by atoms with Gasteiger partial charge in [-0.1, -0.05) is 68.1 Å². The molecule has 204 valence electrons. The summed E-state index contributed by atoms with van der Waals surface area (Å²) in [6.45, 7) is 4.34. The molecule has 6 heteroatoms. The van der Waals surface area contributed by atoms with Gasteiger partial charge in [-0.3, -0.25) is 0 Å². The van der Waals surface area contributed by atoms with E-state index in [1.54, 1.807) is 9.80 Å². The predicted octanol–water partition coefficient (Wildman–Crippen LogP) is 8.54. The van der Waals surface area contributed by atoms with Gasteiger partial charge in [0.1, 0.15) is 11.5 Å². The normalized spacial score (nSPS) is 11.0. The zero-order valence-electron chi connectivity index (χ0n) is 23.8. The molecule has 0 saturated carbocycles. The molecule has 0 saturated heterocycles. The highest BCUT2D eigenvalue weighted by molar-refractivity contribution is 7.80. The molecule has 4 aromatic rings. The summed E-state index contributed by atoms with van der Waals surface area (Å²) >= 11 is 11.1. The van der Waals surface area contributed by atoms with Crippen LogP contribution < -0.4 is 9.47 Å². The number of benzene rings is 4. The van der Waals surface area contributed by atoms with Crippen LogP contribution in [0.5, 0.6) is 11.5 Å². The van der Waals surface area contributed by atoms with Crippen molar-refractivity contribution in [3.05, 3.63) is 71.8 Å². The molecule has 0 atom stereocenters. The second-order valence-electron chi connectivity index (χ2n) is 10.6. The molecule has 0 spiro atoms. The Kier molecular flexibility index (Phi) is 9.41. The van der Waals surface area contributed by atoms with E-state index in [1.807, 2.05) is 28.2 Å². The van der Waals surface area contributed by atoms with Gasteiger partial charge in [-0.15, -0.1) is 0 Å². The zero-order chi connectivity index (χ0) is 28.1. The van der Waals surface area contributed by atoms with E-state index in [0.29, 0.717) is 21.8 Å². The summed E-state index contributed by atoms with van der Waals surface area (Å²) in [5, 5.41) is 5.26. The summed E-state index contributed by atoms with van der Waals surface area (Å²) in [5.41, 5.74) is 4.33. The van der Waals surface area contributed by atoms with Crippen molar-refractivity contribution < 1.29 is 9.47 Å². The highest BCUT2D eigenvalue weighted by Gasteiger charge is 2.19. The SMILES string of the molecule is CCCCCCc1ccc2cc(-c3cc4ccc(C)cc4cc3OC(=S)N(C)C)c(OC(=S)N(C)C)cc2c1. The van der Waals surface area contributed by atoms with Crippen LogP contribution in [0.2, 0.25) is 0 Å². The van der Waals surface area contributed by atoms with Crippen molar-refractivity contribution in [1.82, 2.24) is 9.80 Å². The Labute approximate surface area is 243 Å². The molecule has 0 unspecified atom stereocenters. The van der Waals surface area contributed by atoms with Crippen LogP contribution in [0, 0.1) is 6.92 Å². The van der Waals surface area contributed by atoms with Crippen LogP contribution in [-0.4, -0.2) is 48.3 Å². The number of unbranched alkanes of at least 4 members (excludes halogenated alkanes) is 3. The van der Waals surface area contributed by atoms with Crippen molar-refractivity contribution in [1.29, 1.82) is 0 Å². The lowest BCUT2D eigenvalue weighted by Gasteiger charge is -2.21. The van der Waals surface area contributed by atoms with E-state index in [-0.39, 0.29) is 0 Å². The van der Waals surface area contributed by atoms with Crippen molar-refractivity contribution in [2.24, 2.45) is 0 Å². The van der Waals surface area contributed by atoms with Gasteiger partial charge in [0.15, 0.2) is 0 Å². The number of aryl methyl sites for hydroxylation is 2. The number of nitrogens with zero attached hydrogens (tertiary/aromatic N) is 2. The van der Waals surface area contributed by atoms with E-state index >= 15 is 0 Å². The fourth-order valence-corrected chi connectivity index (χ4v) is 4.77. The van der Waals surface area contributed by atoms with Crippen LogP contribution >= 0.6 is 24.4 Å². The van der Waals surface area contributed by atoms with E-state index < -0.39 is 0 Å². The van der Waals surface area contributed by atoms with Gasteiger partial charge >= 0.3 is 0 Å². The Balaban J connectivity index is 1.88. The van der Waals surface area contributed by atoms with Crippen LogP contribution in [0.3, 0.4) is 0 Å². The summed E-state index contributed by atoms with van der Waals surface area (Å²) in [6.07, 6.45) is 6.07. The monoisotopic (exact) mass is 558 g/mol. The van der Waals surface area contributed by atoms with Crippen molar-refractivity contribution >= 4 is 56.3 Å². The Morgan fingerprint density at radius 1 is 0.641 bits per heavy atom. The lowest BCUT2D eigenvalue weighted by molar-refractivity contribution is 0.447. The minimum absolute atomic E-state index is 0.392. The van der Waals surface area contributed by atoms with E-state index in [9.17, 15) is 0 Å². The summed E-state index contributed by atoms with van der Waals surface area (Å²) < 4.78 is 12.6. The maximum atomic E-state index is 6.32. The Hall–Kier alpha value is -3.22. The molecule has 0 aliphatic heterocycles. The highest BCUT2D eigenvalue weighted by atomic mass is 32.1. The number of ether oxygens (including phenoxy) is 2. The molecule has 0 amide bonds. The molecule has 0 radical (unpaired) electrons. The summed E-state index contributed by atoms with van der Waals surface area (Å²) in [5.74, 6) is 1.37. The molecule has 0 N–H and O–H groups in total. The molecular formula is C33H38N2O2S2. The average Bonchev–Trinajstić information content (AvgIpc) is 2.90. The summed E-state index contributed by atoms with van der Waals surface area (Å²) in [4.78, 5) is 3.59. The molecule has 4 aromatic carbocycles. The minimum atomic E-state index is 0.392. The average molecular weight is 559 g/mol. The Morgan fingerprint density at radius 3 is 1.72 bits per heavy atom. The third kappa shape index (κ3) is 7.06. The van der Waals surface area contributed by atoms with E-state index in [2.05, 4.69) is 74.5 Å². The number of hydrogen-bond donors (Lipinski definition) is 0. The fraction of sp³-hybridized carbons (Fsp3) is 0.333. The second kappa shape index (κ2) is 12.8. The predicted molar refractivity (Wildman–Crippen MR) is 173 cm³/mol. The zero-order valence-corrected chi connectivity index (χ0v) is 25.5. The van der Waals surface area contributed by atoms with E-state index in [4.69, 9.17) is 33.9 Å². The van der Waals surface area contributed by atoms with Gasteiger partial charge < -0.3 is 19.3 Å². The quantitative estimate of drug-likeness (QED) is 0.159. The molecule has 0 heterocycles. The van der Waals surface area contributed by atoms with E-state index in [1.165, 1.54) is 36.8 Å². The fourth-order valence-electron chi connectivity index (χ4n) is 4.59. The maximum absolute atomic E-state index is 6.32. The minimum Gasteiger partial charge on any atom is -0.431 e. The standard InChI is InChI=1S/C33H38N2O2S2/c1-7-8-9-10-11-23-13-15-25-19-29(31(21-27(25)17-23)37-33(39)35(5)6)28-18-24-14-12-22(2)16-26(24)20-30(28)36-32(38)34(3)4/h12-21H,7-11H2,1-6H3. The molecule has 0 aromatic heterocycles. The van der Waals surface area contributed by atoms with Crippen molar-refractivity contribution in [2.75, 3.05) is 28.2 Å². The first-order valence-corrected chi connectivity index (χ1v) is 14.4. The Morgan fingerprint density at radius 2 is 1.18 bits per heavy atom. The van der Waals surface area contributed by atoms with Crippen LogP contribution in [-0.2, 0) is 6.42 Å². The van der Waals surface area contributed by atoms with Crippen LogP contribution in [0.25, 0.3) is 32.7 Å². The van der Waals surface area contributed by atoms with Crippen LogP contribution in [0.1, 0.15) is 43.7 Å². The maximum Gasteiger partial charge on any atom is 0.264 e. The number of rotatable bonds is 8. The van der Waals surface area contributed by atoms with Crippen LogP contribution in [0.15, 0.2) is 60.7 Å². The number of thiocarbonyl (C=S) groups is 2. The molecule has 4 rings (SSSR count). The molecule has 0 aliphatic rings. The van der Waals surface area contributed by atoms with Crippen molar-refractivity contribution in [3.8, 4) is 22.6 Å². The molecule has 0 fully saturated rings. The lowest BCUT2D eigenvalue weighted by Crippen LogP contribution is -2.25. The largest absolute Gasteiger partial charge is 0.431 e. The lowest BCUT2D eigenvalue weighted by atomic mass is 9.95.